The molecule has 1 saturated heterocycles. The summed E-state index contributed by atoms with van der Waals surface area (Å²) < 4.78 is 5.21. The molecule has 16 heavy (non-hydrogen) atoms. The van der Waals surface area contributed by atoms with Crippen LogP contribution in [0.4, 0.5) is 4.79 Å². The average Bonchev–Trinajstić information content (AvgIpc) is 2.45. The van der Waals surface area contributed by atoms with Crippen LogP contribution < -0.4 is 0 Å². The van der Waals surface area contributed by atoms with E-state index in [1.165, 1.54) is 4.90 Å². The second-order valence-corrected chi connectivity index (χ2v) is 5.30. The fraction of sp³-hybridized carbons (Fsp3) is 0.727. The van der Waals surface area contributed by atoms with E-state index in [1.807, 2.05) is 20.8 Å². The molecule has 0 aromatic rings. The van der Waals surface area contributed by atoms with Crippen LogP contribution in [0.15, 0.2) is 0 Å². The van der Waals surface area contributed by atoms with Gasteiger partial charge in [-0.25, -0.2) is 4.79 Å². The summed E-state index contributed by atoms with van der Waals surface area (Å²) in [5, 5.41) is 9.96. The predicted molar refractivity (Wildman–Crippen MR) is 64.1 cm³/mol. The van der Waals surface area contributed by atoms with Crippen molar-refractivity contribution in [1.82, 2.24) is 4.90 Å². The highest BCUT2D eigenvalue weighted by molar-refractivity contribution is 9.12. The first-order valence-electron chi connectivity index (χ1n) is 5.09. The molecule has 0 bridgehead atoms. The first-order valence-corrected chi connectivity index (χ1v) is 5.88. The van der Waals surface area contributed by atoms with Crippen molar-refractivity contribution < 1.29 is 14.6 Å². The van der Waals surface area contributed by atoms with Gasteiger partial charge in [0.15, 0.2) is 0 Å². The Kier molecular flexibility index (Phi) is 3.87. The van der Waals surface area contributed by atoms with Crippen molar-refractivity contribution >= 4 is 22.0 Å². The smallest absolute Gasteiger partial charge is 0.410 e. The Balaban J connectivity index is 2.59. The largest absolute Gasteiger partial charge is 0.444 e. The van der Waals surface area contributed by atoms with Gasteiger partial charge in [-0.1, -0.05) is 5.92 Å². The monoisotopic (exact) mass is 289 g/mol. The van der Waals surface area contributed by atoms with E-state index < -0.39 is 17.3 Å². The summed E-state index contributed by atoms with van der Waals surface area (Å²) in [6.45, 7) is 6.09. The molecule has 1 rings (SSSR count). The summed E-state index contributed by atoms with van der Waals surface area (Å²) in [7, 11) is 0. The molecule has 1 aliphatic heterocycles. The highest BCUT2D eigenvalue weighted by Crippen LogP contribution is 2.22. The number of β-amino-alcohol motifs (C(OH)–C–C–N with tert-alkyl or cyclic N) is 1. The van der Waals surface area contributed by atoms with Crippen molar-refractivity contribution in [2.75, 3.05) is 13.1 Å². The van der Waals surface area contributed by atoms with Crippen LogP contribution in [0.5, 0.6) is 0 Å². The van der Waals surface area contributed by atoms with Gasteiger partial charge in [0.25, 0.3) is 0 Å². The molecule has 1 N–H and O–H groups in total. The maximum Gasteiger partial charge on any atom is 0.410 e. The van der Waals surface area contributed by atoms with E-state index in [1.54, 1.807) is 0 Å². The van der Waals surface area contributed by atoms with Gasteiger partial charge in [0.2, 0.25) is 0 Å². The Hall–Kier alpha value is -0.730. The Bertz CT molecular complexity index is 339. The zero-order chi connectivity index (χ0) is 12.4. The van der Waals surface area contributed by atoms with E-state index in [-0.39, 0.29) is 6.54 Å². The first kappa shape index (κ1) is 13.3. The van der Waals surface area contributed by atoms with Gasteiger partial charge in [0.05, 0.1) is 6.54 Å². The molecule has 1 heterocycles. The van der Waals surface area contributed by atoms with Gasteiger partial charge in [-0.3, -0.25) is 0 Å². The molecule has 4 nitrogen and oxygen atoms in total. The molecule has 0 aromatic heterocycles. The lowest BCUT2D eigenvalue weighted by molar-refractivity contribution is 0.0239. The molecule has 90 valence electrons. The first-order chi connectivity index (χ1) is 7.26. The highest BCUT2D eigenvalue weighted by Gasteiger charge is 2.38. The van der Waals surface area contributed by atoms with E-state index in [0.29, 0.717) is 13.0 Å². The molecule has 0 aliphatic carbocycles. The van der Waals surface area contributed by atoms with Gasteiger partial charge in [0.1, 0.15) is 11.2 Å². The Morgan fingerprint density at radius 1 is 1.56 bits per heavy atom. The molecule has 5 heteroatoms. The number of amides is 1. The SMILES string of the molecule is CC(C)(C)OC(=O)N1CC[C@](O)(C#CBr)C1. The number of aliphatic hydroxyl groups is 1. The lowest BCUT2D eigenvalue weighted by Crippen LogP contribution is -2.38. The summed E-state index contributed by atoms with van der Waals surface area (Å²) in [5.41, 5.74) is -1.63. The number of halogens is 1. The van der Waals surface area contributed by atoms with E-state index in [9.17, 15) is 9.90 Å². The fourth-order valence-electron chi connectivity index (χ4n) is 1.47. The lowest BCUT2D eigenvalue weighted by atomic mass is 10.1. The molecule has 0 saturated carbocycles. The second kappa shape index (κ2) is 4.64. The summed E-state index contributed by atoms with van der Waals surface area (Å²) in [6.07, 6.45) is 0.0463. The standard InChI is InChI=1S/C11H16BrNO3/c1-10(2,3)16-9(14)13-7-5-11(15,8-13)4-6-12/h15H,5,7-8H2,1-3H3/t11-/m1/s1. The molecule has 0 unspecified atom stereocenters. The zero-order valence-corrected chi connectivity index (χ0v) is 11.3. The van der Waals surface area contributed by atoms with E-state index in [0.717, 1.165) is 0 Å². The number of carbonyl (C=O) groups is 1. The average molecular weight is 290 g/mol. The molecule has 0 aromatic carbocycles. The van der Waals surface area contributed by atoms with E-state index in [4.69, 9.17) is 4.74 Å². The van der Waals surface area contributed by atoms with Crippen molar-refractivity contribution in [3.05, 3.63) is 0 Å². The second-order valence-electron chi connectivity index (χ2n) is 4.90. The van der Waals surface area contributed by atoms with Crippen molar-refractivity contribution in [2.24, 2.45) is 0 Å². The number of nitrogens with zero attached hydrogens (tertiary/aromatic N) is 1. The number of rotatable bonds is 0. The summed E-state index contributed by atoms with van der Waals surface area (Å²) in [6, 6.07) is 0. The van der Waals surface area contributed by atoms with Crippen LogP contribution in [0.1, 0.15) is 27.2 Å². The number of carbonyl (C=O) groups excluding carboxylic acids is 1. The Morgan fingerprint density at radius 3 is 2.69 bits per heavy atom. The van der Waals surface area contributed by atoms with Crippen LogP contribution in [-0.4, -0.2) is 40.4 Å². The zero-order valence-electron chi connectivity index (χ0n) is 9.71. The number of ether oxygens (including phenoxy) is 1. The normalized spacial score (nSPS) is 24.9. The Labute approximate surface area is 104 Å². The topological polar surface area (TPSA) is 49.8 Å². The van der Waals surface area contributed by atoms with Crippen LogP contribution >= 0.6 is 15.9 Å². The third kappa shape index (κ3) is 3.69. The van der Waals surface area contributed by atoms with Crippen molar-refractivity contribution in [3.8, 4) is 10.8 Å². The van der Waals surface area contributed by atoms with Gasteiger partial charge in [-0.05, 0) is 25.6 Å². The minimum Gasteiger partial charge on any atom is -0.444 e. The van der Waals surface area contributed by atoms with Crippen LogP contribution in [0.3, 0.4) is 0 Å². The fourth-order valence-corrected chi connectivity index (χ4v) is 1.84. The Morgan fingerprint density at radius 2 is 2.19 bits per heavy atom. The van der Waals surface area contributed by atoms with Crippen LogP contribution in [0, 0.1) is 10.8 Å². The van der Waals surface area contributed by atoms with Crippen LogP contribution in [0.2, 0.25) is 0 Å². The third-order valence-corrected chi connectivity index (χ3v) is 2.38. The van der Waals surface area contributed by atoms with Crippen molar-refractivity contribution in [3.63, 3.8) is 0 Å². The minimum atomic E-state index is -1.11. The van der Waals surface area contributed by atoms with E-state index in [2.05, 4.69) is 26.7 Å². The quantitative estimate of drug-likeness (QED) is 0.691. The molecule has 1 aliphatic rings. The van der Waals surface area contributed by atoms with Crippen LogP contribution in [0.25, 0.3) is 0 Å². The predicted octanol–water partition coefficient (Wildman–Crippen LogP) is 1.71. The summed E-state index contributed by atoms with van der Waals surface area (Å²) >= 11 is 2.94. The summed E-state index contributed by atoms with van der Waals surface area (Å²) in [5.74, 6) is 2.64. The van der Waals surface area contributed by atoms with Crippen molar-refractivity contribution in [1.29, 1.82) is 0 Å². The number of hydrogen-bond donors (Lipinski definition) is 1. The van der Waals surface area contributed by atoms with Gasteiger partial charge in [-0.2, -0.15) is 0 Å². The lowest BCUT2D eigenvalue weighted by Gasteiger charge is -2.24. The summed E-state index contributed by atoms with van der Waals surface area (Å²) in [4.78, 5) is 15.7. The molecular weight excluding hydrogens is 274 g/mol. The molecule has 0 spiro atoms. The van der Waals surface area contributed by atoms with Gasteiger partial charge in [0, 0.05) is 28.9 Å². The molecule has 1 atom stereocenters. The molecule has 1 fully saturated rings. The van der Waals surface area contributed by atoms with E-state index >= 15 is 0 Å². The van der Waals surface area contributed by atoms with Crippen molar-refractivity contribution in [2.45, 2.75) is 38.4 Å². The molecule has 1 amide bonds. The maximum absolute atomic E-state index is 11.7. The minimum absolute atomic E-state index is 0.195. The van der Waals surface area contributed by atoms with Gasteiger partial charge in [-0.15, -0.1) is 0 Å². The van der Waals surface area contributed by atoms with Gasteiger partial charge < -0.3 is 14.7 Å². The highest BCUT2D eigenvalue weighted by atomic mass is 79.9. The number of hydrogen-bond acceptors (Lipinski definition) is 3. The van der Waals surface area contributed by atoms with Crippen LogP contribution in [-0.2, 0) is 4.74 Å². The molecular formula is C11H16BrNO3. The third-order valence-electron chi connectivity index (χ3n) is 2.18. The maximum atomic E-state index is 11.7. The van der Waals surface area contributed by atoms with Gasteiger partial charge >= 0.3 is 6.09 Å². The number of likely N-dealkylation sites (tertiary alicyclic amines) is 1. The molecule has 0 radical (unpaired) electrons.